The quantitative estimate of drug-likeness (QED) is 0.301. The molecule has 10 heteroatoms. The van der Waals surface area contributed by atoms with Crippen LogP contribution in [0.5, 0.6) is 0 Å². The first-order valence-electron chi connectivity index (χ1n) is 10.4. The molecule has 0 aromatic carbocycles. The molecule has 168 valence electrons. The van der Waals surface area contributed by atoms with Gasteiger partial charge in [-0.2, -0.15) is 0 Å². The summed E-state index contributed by atoms with van der Waals surface area (Å²) in [5.74, 6) is -1.73. The Morgan fingerprint density at radius 1 is 1.00 bits per heavy atom. The van der Waals surface area contributed by atoms with Crippen molar-refractivity contribution < 1.29 is 38.2 Å². The monoisotopic (exact) mass is 426 g/mol. The zero-order valence-electron chi connectivity index (χ0n) is 17.1. The maximum Gasteiger partial charge on any atom is 0.407 e. The molecule has 1 unspecified atom stereocenters. The second-order valence-corrected chi connectivity index (χ2v) is 6.97. The van der Waals surface area contributed by atoms with Gasteiger partial charge in [-0.15, -0.1) is 5.06 Å². The molecule has 30 heavy (non-hydrogen) atoms. The molecule has 1 atom stereocenters. The van der Waals surface area contributed by atoms with Crippen LogP contribution in [0.2, 0.25) is 0 Å². The van der Waals surface area contributed by atoms with Gasteiger partial charge in [0.25, 0.3) is 11.8 Å². The first-order valence-corrected chi connectivity index (χ1v) is 10.4. The smallest absolute Gasteiger partial charge is 0.407 e. The van der Waals surface area contributed by atoms with Crippen molar-refractivity contribution in [3.63, 3.8) is 0 Å². The zero-order chi connectivity index (χ0) is 21.6. The highest BCUT2D eigenvalue weighted by molar-refractivity contribution is 6.01. The summed E-state index contributed by atoms with van der Waals surface area (Å²) in [7, 11) is 0. The van der Waals surface area contributed by atoms with Crippen molar-refractivity contribution in [2.75, 3.05) is 33.0 Å². The van der Waals surface area contributed by atoms with Gasteiger partial charge in [-0.1, -0.05) is 12.2 Å². The molecule has 0 radical (unpaired) electrons. The van der Waals surface area contributed by atoms with Crippen LogP contribution in [0.25, 0.3) is 0 Å². The number of carbonyl (C=O) groups is 4. The molecule has 10 nitrogen and oxygen atoms in total. The minimum Gasteiger partial charge on any atom is -0.446 e. The van der Waals surface area contributed by atoms with Gasteiger partial charge in [0.2, 0.25) is 0 Å². The molecule has 1 N–H and O–H groups in total. The van der Waals surface area contributed by atoms with Crippen LogP contribution in [0.1, 0.15) is 51.4 Å². The number of amides is 3. The molecule has 3 amide bonds. The average molecular weight is 426 g/mol. The number of hydroxylamine groups is 2. The largest absolute Gasteiger partial charge is 0.446 e. The lowest BCUT2D eigenvalue weighted by Crippen LogP contribution is -2.32. The fourth-order valence-electron chi connectivity index (χ4n) is 2.93. The molecule has 0 aromatic heterocycles. The highest BCUT2D eigenvalue weighted by Crippen LogP contribution is 2.15. The summed E-state index contributed by atoms with van der Waals surface area (Å²) in [6.07, 6.45) is 8.59. The molecule has 2 aliphatic rings. The Bertz CT molecular complexity index is 606. The number of hydrogen-bond donors (Lipinski definition) is 1. The van der Waals surface area contributed by atoms with E-state index in [1.54, 1.807) is 0 Å². The van der Waals surface area contributed by atoms with E-state index in [1.807, 2.05) is 0 Å². The van der Waals surface area contributed by atoms with E-state index in [0.717, 1.165) is 32.1 Å². The van der Waals surface area contributed by atoms with Crippen molar-refractivity contribution in [1.82, 2.24) is 10.4 Å². The van der Waals surface area contributed by atoms with Crippen molar-refractivity contribution in [1.29, 1.82) is 0 Å². The molecule has 0 bridgehead atoms. The summed E-state index contributed by atoms with van der Waals surface area (Å²) in [6, 6.07) is 0. The van der Waals surface area contributed by atoms with Crippen molar-refractivity contribution in [3.05, 3.63) is 12.2 Å². The van der Waals surface area contributed by atoms with Crippen LogP contribution in [0.4, 0.5) is 4.79 Å². The first-order chi connectivity index (χ1) is 14.6. The van der Waals surface area contributed by atoms with Crippen LogP contribution in [0, 0.1) is 0 Å². The summed E-state index contributed by atoms with van der Waals surface area (Å²) < 4.78 is 16.0. The number of imide groups is 1. The Morgan fingerprint density at radius 2 is 1.73 bits per heavy atom. The van der Waals surface area contributed by atoms with Gasteiger partial charge in [0.15, 0.2) is 0 Å². The Balaban J connectivity index is 1.41. The maximum absolute atomic E-state index is 11.8. The number of nitrogens with zero attached hydrogens (tertiary/aromatic N) is 1. The third-order valence-electron chi connectivity index (χ3n) is 4.52. The Kier molecular flexibility index (Phi) is 10.9. The Hall–Kier alpha value is -2.46. The van der Waals surface area contributed by atoms with E-state index >= 15 is 0 Å². The van der Waals surface area contributed by atoms with Crippen LogP contribution in [0.3, 0.4) is 0 Å². The second-order valence-electron chi connectivity index (χ2n) is 6.97. The lowest BCUT2D eigenvalue weighted by Gasteiger charge is -2.18. The molecule has 0 saturated carbocycles. The van der Waals surface area contributed by atoms with Gasteiger partial charge in [0.05, 0.1) is 32.8 Å². The molecule has 1 fully saturated rings. The van der Waals surface area contributed by atoms with E-state index in [0.29, 0.717) is 24.8 Å². The van der Waals surface area contributed by atoms with E-state index in [9.17, 15) is 19.2 Å². The third-order valence-corrected chi connectivity index (χ3v) is 4.52. The van der Waals surface area contributed by atoms with Crippen LogP contribution in [-0.4, -0.2) is 68.0 Å². The molecule has 0 aromatic rings. The standard InChI is InChI=1S/C20H30N2O8/c23-17-8-9-18(24)22(17)30-19(25)10-12-27-14-15-28-13-11-21-20(26)29-16-6-4-2-1-3-5-7-16/h2,4,16H,1,3,5-15H2,(H,21,26)/b4-2+. The number of alkyl carbamates (subject to hydrolysis) is 1. The number of rotatable bonds is 11. The van der Waals surface area contributed by atoms with Crippen molar-refractivity contribution in [3.8, 4) is 0 Å². The van der Waals surface area contributed by atoms with Gasteiger partial charge in [0.1, 0.15) is 6.10 Å². The van der Waals surface area contributed by atoms with Gasteiger partial charge in [0, 0.05) is 25.8 Å². The van der Waals surface area contributed by atoms with E-state index in [2.05, 4.69) is 17.5 Å². The SMILES string of the molecule is O=C(CCOCCOCCNC(=O)OC1C/C=C/CCCC1)ON1C(=O)CCC1=O. The molecule has 1 saturated heterocycles. The molecule has 1 heterocycles. The molecule has 1 aliphatic carbocycles. The van der Waals surface area contributed by atoms with Crippen molar-refractivity contribution in [2.45, 2.75) is 57.5 Å². The fourth-order valence-corrected chi connectivity index (χ4v) is 2.93. The molecular weight excluding hydrogens is 396 g/mol. The highest BCUT2D eigenvalue weighted by atomic mass is 16.7. The van der Waals surface area contributed by atoms with E-state index < -0.39 is 23.9 Å². The number of nitrogens with one attached hydrogen (secondary N) is 1. The van der Waals surface area contributed by atoms with Crippen LogP contribution in [0.15, 0.2) is 12.2 Å². The number of hydrogen-bond acceptors (Lipinski definition) is 8. The third kappa shape index (κ3) is 9.36. The van der Waals surface area contributed by atoms with Gasteiger partial charge < -0.3 is 24.4 Å². The lowest BCUT2D eigenvalue weighted by molar-refractivity contribution is -0.198. The topological polar surface area (TPSA) is 120 Å². The number of ether oxygens (including phenoxy) is 3. The summed E-state index contributed by atoms with van der Waals surface area (Å²) in [4.78, 5) is 50.7. The average Bonchev–Trinajstić information content (AvgIpc) is 3.00. The van der Waals surface area contributed by atoms with Gasteiger partial charge >= 0.3 is 12.1 Å². The zero-order valence-corrected chi connectivity index (χ0v) is 17.1. The van der Waals surface area contributed by atoms with Crippen LogP contribution >= 0.6 is 0 Å². The first kappa shape index (κ1) is 23.8. The van der Waals surface area contributed by atoms with Crippen molar-refractivity contribution in [2.24, 2.45) is 0 Å². The second kappa shape index (κ2) is 13.7. The van der Waals surface area contributed by atoms with Gasteiger partial charge in [-0.05, 0) is 25.7 Å². The van der Waals surface area contributed by atoms with Gasteiger partial charge in [-0.25, -0.2) is 9.59 Å². The molecule has 2 rings (SSSR count). The fraction of sp³-hybridized carbons (Fsp3) is 0.700. The predicted octanol–water partition coefficient (Wildman–Crippen LogP) is 1.63. The van der Waals surface area contributed by atoms with E-state index in [-0.39, 0.29) is 38.6 Å². The predicted molar refractivity (Wildman–Crippen MR) is 104 cm³/mol. The lowest BCUT2D eigenvalue weighted by atomic mass is 10.0. The number of allylic oxidation sites excluding steroid dienone is 1. The van der Waals surface area contributed by atoms with E-state index in [1.165, 1.54) is 0 Å². The minimum absolute atomic E-state index is 0.0600. The Morgan fingerprint density at radius 3 is 2.50 bits per heavy atom. The van der Waals surface area contributed by atoms with Crippen LogP contribution < -0.4 is 5.32 Å². The molecular formula is C20H30N2O8. The maximum atomic E-state index is 11.8. The van der Waals surface area contributed by atoms with Crippen LogP contribution in [-0.2, 0) is 33.4 Å². The summed E-state index contributed by atoms with van der Waals surface area (Å²) >= 11 is 0. The minimum atomic E-state index is -0.706. The number of carbonyl (C=O) groups excluding carboxylic acids is 4. The van der Waals surface area contributed by atoms with Crippen molar-refractivity contribution >= 4 is 23.9 Å². The van der Waals surface area contributed by atoms with E-state index in [4.69, 9.17) is 19.0 Å². The Labute approximate surface area is 175 Å². The molecule has 0 spiro atoms. The summed E-state index contributed by atoms with van der Waals surface area (Å²) in [5, 5.41) is 3.16. The summed E-state index contributed by atoms with van der Waals surface area (Å²) in [5.41, 5.74) is 0. The normalized spacial score (nSPS) is 20.4. The molecule has 1 aliphatic heterocycles. The van der Waals surface area contributed by atoms with Gasteiger partial charge in [-0.3, -0.25) is 9.59 Å². The highest BCUT2D eigenvalue weighted by Gasteiger charge is 2.32. The summed E-state index contributed by atoms with van der Waals surface area (Å²) in [6.45, 7) is 1.27.